The summed E-state index contributed by atoms with van der Waals surface area (Å²) >= 11 is 0. The van der Waals surface area contributed by atoms with Crippen molar-refractivity contribution in [3.63, 3.8) is 0 Å². The van der Waals surface area contributed by atoms with Crippen LogP contribution in [0.4, 0.5) is 0 Å². The third-order valence-corrected chi connectivity index (χ3v) is 4.47. The van der Waals surface area contributed by atoms with Gasteiger partial charge in [-0.15, -0.1) is 0 Å². The van der Waals surface area contributed by atoms with Crippen LogP contribution in [-0.4, -0.2) is 6.54 Å². The smallest absolute Gasteiger partial charge is 0.0292 e. The Morgan fingerprint density at radius 3 is 2.39 bits per heavy atom. The number of rotatable bonds is 4. The molecule has 1 heteroatoms. The van der Waals surface area contributed by atoms with Gasteiger partial charge in [0.1, 0.15) is 0 Å². The molecule has 0 spiro atoms. The van der Waals surface area contributed by atoms with Crippen molar-refractivity contribution in [1.29, 1.82) is 0 Å². The van der Waals surface area contributed by atoms with Crippen LogP contribution >= 0.6 is 0 Å². The van der Waals surface area contributed by atoms with Crippen LogP contribution in [-0.2, 0) is 0 Å². The quantitative estimate of drug-likeness (QED) is 0.829. The molecule has 1 saturated carbocycles. The molecule has 0 aromatic heterocycles. The maximum absolute atomic E-state index is 3.73. The predicted octanol–water partition coefficient (Wildman–Crippen LogP) is 4.39. The standard InChI is InChI=1S/C17H27N/c1-12-8-13(2)10-17(9-12)15(4)18-11-16-7-5-6-14(16)3/h8-10,14-16,18H,5-7,11H2,1-4H3. The van der Waals surface area contributed by atoms with E-state index in [1.807, 2.05) is 0 Å². The van der Waals surface area contributed by atoms with Crippen LogP contribution < -0.4 is 5.32 Å². The van der Waals surface area contributed by atoms with Crippen molar-refractivity contribution < 1.29 is 0 Å². The second-order valence-corrected chi connectivity index (χ2v) is 6.22. The van der Waals surface area contributed by atoms with Crippen molar-refractivity contribution in [2.45, 2.75) is 53.0 Å². The highest BCUT2D eigenvalue weighted by Crippen LogP contribution is 2.31. The molecule has 1 aliphatic carbocycles. The largest absolute Gasteiger partial charge is 0.310 e. The average molecular weight is 245 g/mol. The lowest BCUT2D eigenvalue weighted by atomic mass is 9.97. The molecule has 0 aliphatic heterocycles. The molecule has 1 N–H and O–H groups in total. The summed E-state index contributed by atoms with van der Waals surface area (Å²) in [5.74, 6) is 1.79. The Labute approximate surface area is 112 Å². The van der Waals surface area contributed by atoms with Crippen LogP contribution in [0, 0.1) is 25.7 Å². The summed E-state index contributed by atoms with van der Waals surface area (Å²) in [6, 6.07) is 7.33. The van der Waals surface area contributed by atoms with Gasteiger partial charge in [-0.05, 0) is 51.1 Å². The molecule has 3 atom stereocenters. The van der Waals surface area contributed by atoms with Crippen LogP contribution in [0.5, 0.6) is 0 Å². The number of aryl methyl sites for hydroxylation is 2. The minimum absolute atomic E-state index is 0.469. The van der Waals surface area contributed by atoms with Gasteiger partial charge in [0.05, 0.1) is 0 Å². The van der Waals surface area contributed by atoms with E-state index in [1.165, 1.54) is 42.5 Å². The van der Waals surface area contributed by atoms with Gasteiger partial charge in [-0.3, -0.25) is 0 Å². The van der Waals surface area contributed by atoms with Crippen LogP contribution in [0.25, 0.3) is 0 Å². The molecule has 0 radical (unpaired) electrons. The van der Waals surface area contributed by atoms with Crippen LogP contribution in [0.2, 0.25) is 0 Å². The first-order chi connectivity index (χ1) is 8.56. The predicted molar refractivity (Wildman–Crippen MR) is 78.8 cm³/mol. The number of nitrogens with one attached hydrogen (secondary N) is 1. The first-order valence-electron chi connectivity index (χ1n) is 7.38. The van der Waals surface area contributed by atoms with Crippen LogP contribution in [0.3, 0.4) is 0 Å². The number of hydrogen-bond donors (Lipinski definition) is 1. The highest BCUT2D eigenvalue weighted by Gasteiger charge is 2.23. The first kappa shape index (κ1) is 13.6. The Kier molecular flexibility index (Phi) is 4.45. The molecule has 3 unspecified atom stereocenters. The van der Waals surface area contributed by atoms with Gasteiger partial charge in [0.15, 0.2) is 0 Å². The maximum Gasteiger partial charge on any atom is 0.0292 e. The van der Waals surface area contributed by atoms with E-state index in [-0.39, 0.29) is 0 Å². The van der Waals surface area contributed by atoms with Gasteiger partial charge in [-0.25, -0.2) is 0 Å². The molecule has 1 aromatic carbocycles. The molecule has 1 aromatic rings. The lowest BCUT2D eigenvalue weighted by Gasteiger charge is -2.21. The third kappa shape index (κ3) is 3.35. The molecule has 0 heterocycles. The van der Waals surface area contributed by atoms with E-state index < -0.39 is 0 Å². The normalized spacial score (nSPS) is 25.3. The Morgan fingerprint density at radius 1 is 1.17 bits per heavy atom. The van der Waals surface area contributed by atoms with E-state index in [1.54, 1.807) is 0 Å². The van der Waals surface area contributed by atoms with Gasteiger partial charge in [0.2, 0.25) is 0 Å². The molecule has 0 amide bonds. The summed E-state index contributed by atoms with van der Waals surface area (Å²) in [5.41, 5.74) is 4.17. The Hall–Kier alpha value is -0.820. The number of hydrogen-bond acceptors (Lipinski definition) is 1. The zero-order chi connectivity index (χ0) is 13.1. The molecule has 100 valence electrons. The van der Waals surface area contributed by atoms with Gasteiger partial charge in [0, 0.05) is 6.04 Å². The first-order valence-corrected chi connectivity index (χ1v) is 7.38. The van der Waals surface area contributed by atoms with Crippen molar-refractivity contribution in [2.24, 2.45) is 11.8 Å². The molecule has 2 rings (SSSR count). The lowest BCUT2D eigenvalue weighted by Crippen LogP contribution is -2.27. The van der Waals surface area contributed by atoms with Gasteiger partial charge in [-0.1, -0.05) is 49.1 Å². The van der Waals surface area contributed by atoms with Gasteiger partial charge >= 0.3 is 0 Å². The number of benzene rings is 1. The molecule has 1 nitrogen and oxygen atoms in total. The lowest BCUT2D eigenvalue weighted by molar-refractivity contribution is 0.375. The zero-order valence-corrected chi connectivity index (χ0v) is 12.3. The Balaban J connectivity index is 1.92. The molecular weight excluding hydrogens is 218 g/mol. The second kappa shape index (κ2) is 5.88. The maximum atomic E-state index is 3.73. The Bertz CT molecular complexity index is 376. The highest BCUT2D eigenvalue weighted by molar-refractivity contribution is 5.30. The van der Waals surface area contributed by atoms with Crippen molar-refractivity contribution in [3.05, 3.63) is 34.9 Å². The molecule has 0 saturated heterocycles. The minimum Gasteiger partial charge on any atom is -0.310 e. The summed E-state index contributed by atoms with van der Waals surface area (Å²) in [5, 5.41) is 3.73. The van der Waals surface area contributed by atoms with Crippen molar-refractivity contribution in [2.75, 3.05) is 6.54 Å². The van der Waals surface area contributed by atoms with E-state index in [0.29, 0.717) is 6.04 Å². The summed E-state index contributed by atoms with van der Waals surface area (Å²) < 4.78 is 0. The van der Waals surface area contributed by atoms with Crippen LogP contribution in [0.1, 0.15) is 55.8 Å². The summed E-state index contributed by atoms with van der Waals surface area (Å²) in [4.78, 5) is 0. The second-order valence-electron chi connectivity index (χ2n) is 6.22. The van der Waals surface area contributed by atoms with Gasteiger partial charge < -0.3 is 5.32 Å². The molecule has 18 heavy (non-hydrogen) atoms. The fourth-order valence-corrected chi connectivity index (χ4v) is 3.23. The molecule has 0 bridgehead atoms. The summed E-state index contributed by atoms with van der Waals surface area (Å²) in [7, 11) is 0. The van der Waals surface area contributed by atoms with E-state index in [0.717, 1.165) is 11.8 Å². The summed E-state index contributed by atoms with van der Waals surface area (Å²) in [6.07, 6.45) is 4.25. The zero-order valence-electron chi connectivity index (χ0n) is 12.3. The van der Waals surface area contributed by atoms with E-state index in [9.17, 15) is 0 Å². The fraction of sp³-hybridized carbons (Fsp3) is 0.647. The average Bonchev–Trinajstić information content (AvgIpc) is 2.70. The third-order valence-electron chi connectivity index (χ3n) is 4.47. The van der Waals surface area contributed by atoms with E-state index in [4.69, 9.17) is 0 Å². The Morgan fingerprint density at radius 2 is 1.83 bits per heavy atom. The molecular formula is C17H27N. The fourth-order valence-electron chi connectivity index (χ4n) is 3.23. The topological polar surface area (TPSA) is 12.0 Å². The monoisotopic (exact) mass is 245 g/mol. The molecule has 1 aliphatic rings. The van der Waals surface area contributed by atoms with Gasteiger partial charge in [0.25, 0.3) is 0 Å². The highest BCUT2D eigenvalue weighted by atomic mass is 14.9. The van der Waals surface area contributed by atoms with Crippen molar-refractivity contribution in [3.8, 4) is 0 Å². The van der Waals surface area contributed by atoms with Crippen molar-refractivity contribution >= 4 is 0 Å². The molecule has 1 fully saturated rings. The minimum atomic E-state index is 0.469. The SMILES string of the molecule is Cc1cc(C)cc(C(C)NCC2CCCC2C)c1. The van der Waals surface area contributed by atoms with E-state index in [2.05, 4.69) is 51.2 Å². The van der Waals surface area contributed by atoms with Crippen LogP contribution in [0.15, 0.2) is 18.2 Å². The van der Waals surface area contributed by atoms with Gasteiger partial charge in [-0.2, -0.15) is 0 Å². The summed E-state index contributed by atoms with van der Waals surface area (Å²) in [6.45, 7) is 10.2. The van der Waals surface area contributed by atoms with E-state index >= 15 is 0 Å². The van der Waals surface area contributed by atoms with Crippen molar-refractivity contribution in [1.82, 2.24) is 5.32 Å².